The minimum Gasteiger partial charge on any atom is -0.465 e. The maximum Gasteiger partial charge on any atom is 0.324 e. The summed E-state index contributed by atoms with van der Waals surface area (Å²) in [6.45, 7) is 6.80. The highest BCUT2D eigenvalue weighted by molar-refractivity contribution is 8.00. The molecule has 1 unspecified atom stereocenters. The van der Waals surface area contributed by atoms with Crippen LogP contribution in [0.2, 0.25) is 0 Å². The quantitative estimate of drug-likeness (QED) is 0.271. The van der Waals surface area contributed by atoms with Crippen LogP contribution in [0.15, 0.2) is 64.5 Å². The third-order valence-corrected chi connectivity index (χ3v) is 6.84. The minimum absolute atomic E-state index is 0.0826. The molecule has 1 saturated heterocycles. The molecule has 0 radical (unpaired) electrons. The van der Waals surface area contributed by atoms with Crippen molar-refractivity contribution in [3.8, 4) is 0 Å². The highest BCUT2D eigenvalue weighted by Gasteiger charge is 2.26. The van der Waals surface area contributed by atoms with E-state index >= 15 is 0 Å². The second-order valence-corrected chi connectivity index (χ2v) is 8.91. The van der Waals surface area contributed by atoms with Crippen molar-refractivity contribution in [3.63, 3.8) is 0 Å². The van der Waals surface area contributed by atoms with Crippen molar-refractivity contribution < 1.29 is 14.3 Å². The number of carbonyl (C=O) groups is 1. The Kier molecular flexibility index (Phi) is 8.15. The third kappa shape index (κ3) is 5.82. The van der Waals surface area contributed by atoms with Crippen molar-refractivity contribution in [2.75, 3.05) is 39.5 Å². The molecule has 174 valence electrons. The minimum atomic E-state index is -0.607. The zero-order valence-electron chi connectivity index (χ0n) is 18.8. The predicted octanol–water partition coefficient (Wildman–Crippen LogP) is 3.52. The maximum atomic E-state index is 13.4. The molecular weight excluding hydrogens is 438 g/mol. The molecule has 0 spiro atoms. The molecule has 0 aliphatic carbocycles. The number of aromatic nitrogens is 2. The summed E-state index contributed by atoms with van der Waals surface area (Å²) in [5.74, 6) is -0.337. The number of ether oxygens (including phenoxy) is 2. The van der Waals surface area contributed by atoms with Gasteiger partial charge in [-0.2, -0.15) is 0 Å². The van der Waals surface area contributed by atoms with Crippen LogP contribution in [0, 0.1) is 0 Å². The molecule has 2 aromatic carbocycles. The molecule has 4 rings (SSSR count). The van der Waals surface area contributed by atoms with Gasteiger partial charge < -0.3 is 9.47 Å². The summed E-state index contributed by atoms with van der Waals surface area (Å²) in [6, 6.07) is 16.8. The second-order valence-electron chi connectivity index (χ2n) is 7.84. The number of rotatable bonds is 9. The van der Waals surface area contributed by atoms with E-state index in [1.54, 1.807) is 17.6 Å². The van der Waals surface area contributed by atoms with Crippen LogP contribution in [0.1, 0.15) is 24.2 Å². The Bertz CT molecular complexity index is 1130. The van der Waals surface area contributed by atoms with Crippen LogP contribution in [0.25, 0.3) is 10.9 Å². The lowest BCUT2D eigenvalue weighted by Crippen LogP contribution is -2.37. The van der Waals surface area contributed by atoms with Crippen molar-refractivity contribution in [1.29, 1.82) is 0 Å². The molecule has 33 heavy (non-hydrogen) atoms. The fraction of sp³-hybridized carbons (Fsp3) is 0.400. The number of esters is 1. The Morgan fingerprint density at radius 1 is 1.09 bits per heavy atom. The topological polar surface area (TPSA) is 73.7 Å². The largest absolute Gasteiger partial charge is 0.465 e. The number of morpholine rings is 1. The van der Waals surface area contributed by atoms with Crippen LogP contribution in [0.3, 0.4) is 0 Å². The molecule has 8 heteroatoms. The number of fused-ring (bicyclic) bond motifs is 1. The van der Waals surface area contributed by atoms with Gasteiger partial charge in [-0.15, -0.1) is 0 Å². The summed E-state index contributed by atoms with van der Waals surface area (Å²) < 4.78 is 12.5. The molecule has 1 aliphatic rings. The van der Waals surface area contributed by atoms with Gasteiger partial charge in [-0.3, -0.25) is 19.1 Å². The lowest BCUT2D eigenvalue weighted by Gasteiger charge is -2.26. The molecule has 0 saturated carbocycles. The van der Waals surface area contributed by atoms with Gasteiger partial charge in [0.05, 0.1) is 30.7 Å². The van der Waals surface area contributed by atoms with E-state index in [0.717, 1.165) is 44.8 Å². The van der Waals surface area contributed by atoms with Crippen molar-refractivity contribution in [3.05, 3.63) is 70.5 Å². The van der Waals surface area contributed by atoms with Gasteiger partial charge in [-0.1, -0.05) is 54.2 Å². The monoisotopic (exact) mass is 467 g/mol. The van der Waals surface area contributed by atoms with Gasteiger partial charge in [0, 0.05) is 26.2 Å². The van der Waals surface area contributed by atoms with E-state index in [9.17, 15) is 9.59 Å². The van der Waals surface area contributed by atoms with E-state index in [-0.39, 0.29) is 11.5 Å². The van der Waals surface area contributed by atoms with E-state index < -0.39 is 5.25 Å². The summed E-state index contributed by atoms with van der Waals surface area (Å²) in [5, 5.41) is 0.507. The fourth-order valence-electron chi connectivity index (χ4n) is 3.92. The Hall–Kier alpha value is -2.68. The van der Waals surface area contributed by atoms with E-state index in [4.69, 9.17) is 14.5 Å². The molecule has 7 nitrogen and oxygen atoms in total. The zero-order valence-corrected chi connectivity index (χ0v) is 19.6. The normalized spacial score (nSPS) is 15.4. The summed E-state index contributed by atoms with van der Waals surface area (Å²) in [6.07, 6.45) is 0.808. The number of hydrogen-bond acceptors (Lipinski definition) is 7. The Labute approximate surface area is 197 Å². The number of para-hydroxylation sites is 1. The second kappa shape index (κ2) is 11.4. The van der Waals surface area contributed by atoms with Crippen LogP contribution >= 0.6 is 11.8 Å². The van der Waals surface area contributed by atoms with E-state index in [2.05, 4.69) is 4.90 Å². The van der Waals surface area contributed by atoms with E-state index in [0.29, 0.717) is 29.2 Å². The predicted molar refractivity (Wildman–Crippen MR) is 130 cm³/mol. The molecule has 0 bridgehead atoms. The van der Waals surface area contributed by atoms with Crippen molar-refractivity contribution in [1.82, 2.24) is 14.5 Å². The number of nitrogens with zero attached hydrogens (tertiary/aromatic N) is 3. The lowest BCUT2D eigenvalue weighted by molar-refractivity contribution is -0.142. The highest BCUT2D eigenvalue weighted by atomic mass is 32.2. The van der Waals surface area contributed by atoms with Gasteiger partial charge in [0.25, 0.3) is 5.56 Å². The Morgan fingerprint density at radius 3 is 2.58 bits per heavy atom. The summed E-state index contributed by atoms with van der Waals surface area (Å²) in [7, 11) is 0. The molecule has 1 aliphatic heterocycles. The van der Waals surface area contributed by atoms with Crippen LogP contribution in [-0.2, 0) is 20.8 Å². The fourth-order valence-corrected chi connectivity index (χ4v) is 5.04. The van der Waals surface area contributed by atoms with Crippen LogP contribution < -0.4 is 5.56 Å². The highest BCUT2D eigenvalue weighted by Crippen LogP contribution is 2.35. The van der Waals surface area contributed by atoms with Gasteiger partial charge in [0.15, 0.2) is 5.16 Å². The van der Waals surface area contributed by atoms with Crippen molar-refractivity contribution >= 4 is 28.6 Å². The van der Waals surface area contributed by atoms with Crippen molar-refractivity contribution in [2.45, 2.75) is 30.3 Å². The average molecular weight is 468 g/mol. The number of thioether (sulfide) groups is 1. The number of hydrogen-bond donors (Lipinski definition) is 0. The first-order valence-corrected chi connectivity index (χ1v) is 12.2. The first-order valence-electron chi connectivity index (χ1n) is 11.4. The lowest BCUT2D eigenvalue weighted by atomic mass is 10.1. The van der Waals surface area contributed by atoms with Crippen LogP contribution in [0.4, 0.5) is 0 Å². The Morgan fingerprint density at radius 2 is 1.82 bits per heavy atom. The summed E-state index contributed by atoms with van der Waals surface area (Å²) >= 11 is 1.28. The SMILES string of the molecule is CCOC(=O)C(Sc1nc2ccccc2c(=O)n1CCCN1CCOCC1)c1ccccc1. The van der Waals surface area contributed by atoms with E-state index in [1.165, 1.54) is 11.8 Å². The summed E-state index contributed by atoms with van der Waals surface area (Å²) in [4.78, 5) is 33.4. The number of carbonyl (C=O) groups excluding carboxylic acids is 1. The molecular formula is C25H29N3O4S. The number of benzene rings is 2. The van der Waals surface area contributed by atoms with Gasteiger partial charge in [-0.25, -0.2) is 4.98 Å². The average Bonchev–Trinajstić information content (AvgIpc) is 2.85. The molecule has 2 heterocycles. The van der Waals surface area contributed by atoms with E-state index in [1.807, 2.05) is 48.5 Å². The molecule has 0 N–H and O–H groups in total. The first-order chi connectivity index (χ1) is 16.2. The first kappa shape index (κ1) is 23.5. The summed E-state index contributed by atoms with van der Waals surface area (Å²) in [5.41, 5.74) is 1.37. The molecule has 1 aromatic heterocycles. The van der Waals surface area contributed by atoms with Gasteiger partial charge in [-0.05, 0) is 31.0 Å². The van der Waals surface area contributed by atoms with Crippen LogP contribution in [-0.4, -0.2) is 59.9 Å². The van der Waals surface area contributed by atoms with Gasteiger partial charge in [0.1, 0.15) is 5.25 Å². The maximum absolute atomic E-state index is 13.4. The molecule has 1 atom stereocenters. The molecule has 1 fully saturated rings. The van der Waals surface area contributed by atoms with Crippen LogP contribution in [0.5, 0.6) is 0 Å². The van der Waals surface area contributed by atoms with Crippen molar-refractivity contribution in [2.24, 2.45) is 0 Å². The molecule has 3 aromatic rings. The smallest absolute Gasteiger partial charge is 0.324 e. The molecule has 0 amide bonds. The standard InChI is InChI=1S/C25H29N3O4S/c1-2-32-24(30)22(19-9-4-3-5-10-19)33-25-26-21-12-7-6-11-20(21)23(29)28(25)14-8-13-27-15-17-31-18-16-27/h3-7,9-12,22H,2,8,13-18H2,1H3. The zero-order chi connectivity index (χ0) is 23.0. The Balaban J connectivity index is 1.65. The van der Waals surface area contributed by atoms with Gasteiger partial charge in [0.2, 0.25) is 0 Å². The van der Waals surface area contributed by atoms with Gasteiger partial charge >= 0.3 is 5.97 Å². The third-order valence-electron chi connectivity index (χ3n) is 5.61.